The lowest BCUT2D eigenvalue weighted by atomic mass is 10.1. The van der Waals surface area contributed by atoms with Crippen LogP contribution in [0.25, 0.3) is 0 Å². The monoisotopic (exact) mass is 483 g/mol. The van der Waals surface area contributed by atoms with Gasteiger partial charge in [0.25, 0.3) is 5.91 Å². The van der Waals surface area contributed by atoms with Crippen LogP contribution in [-0.4, -0.2) is 45.5 Å². The number of carbonyl (C=O) groups excluding carboxylic acids is 2. The predicted octanol–water partition coefficient (Wildman–Crippen LogP) is 3.74. The maximum atomic E-state index is 13.0. The Balaban J connectivity index is 1.29. The van der Waals surface area contributed by atoms with Crippen LogP contribution in [0.5, 0.6) is 5.75 Å². The molecule has 1 N–H and O–H groups in total. The van der Waals surface area contributed by atoms with Crippen LogP contribution < -0.4 is 15.0 Å². The van der Waals surface area contributed by atoms with E-state index in [1.54, 1.807) is 41.3 Å². The highest BCUT2D eigenvalue weighted by atomic mass is 32.2. The van der Waals surface area contributed by atoms with E-state index in [1.807, 2.05) is 18.5 Å². The molecule has 0 aliphatic carbocycles. The molecule has 178 valence electrons. The number of aromatic nitrogens is 3. The molecule has 0 saturated carbocycles. The Morgan fingerprint density at radius 3 is 2.59 bits per heavy atom. The first-order chi connectivity index (χ1) is 16.4. The molecule has 1 unspecified atom stereocenters. The molecule has 34 heavy (non-hydrogen) atoms. The Kier molecular flexibility index (Phi) is 7.46. The number of hydrogen-bond acceptors (Lipinski definition) is 6. The van der Waals surface area contributed by atoms with Crippen LogP contribution in [0, 0.1) is 5.82 Å². The van der Waals surface area contributed by atoms with Gasteiger partial charge in [-0.3, -0.25) is 9.59 Å². The Hall–Kier alpha value is -3.40. The third-order valence-electron chi connectivity index (χ3n) is 5.51. The van der Waals surface area contributed by atoms with Crippen LogP contribution in [-0.2, 0) is 11.8 Å². The summed E-state index contributed by atoms with van der Waals surface area (Å²) in [5, 5.41) is 12.1. The number of anilines is 1. The van der Waals surface area contributed by atoms with Gasteiger partial charge in [0, 0.05) is 37.0 Å². The molecule has 1 aliphatic rings. The molecule has 10 heteroatoms. The summed E-state index contributed by atoms with van der Waals surface area (Å²) in [5.41, 5.74) is 1.32. The van der Waals surface area contributed by atoms with Gasteiger partial charge in [-0.25, -0.2) is 4.39 Å². The maximum absolute atomic E-state index is 13.0. The van der Waals surface area contributed by atoms with Crippen molar-refractivity contribution >= 4 is 29.3 Å². The molecule has 0 spiro atoms. The third kappa shape index (κ3) is 5.56. The smallest absolute Gasteiger partial charge is 0.251 e. The molecule has 2 amide bonds. The molecule has 3 aromatic rings. The lowest BCUT2D eigenvalue weighted by Crippen LogP contribution is -2.28. The number of hydrogen-bond donors (Lipinski definition) is 1. The number of nitrogens with zero attached hydrogens (tertiary/aromatic N) is 4. The Morgan fingerprint density at radius 2 is 1.91 bits per heavy atom. The molecule has 0 bridgehead atoms. The summed E-state index contributed by atoms with van der Waals surface area (Å²) in [6.45, 7) is 3.00. The largest absolute Gasteiger partial charge is 0.493 e. The van der Waals surface area contributed by atoms with Crippen molar-refractivity contribution in [3.63, 3.8) is 0 Å². The molecule has 1 atom stereocenters. The van der Waals surface area contributed by atoms with Gasteiger partial charge in [0.2, 0.25) is 5.91 Å². The number of benzene rings is 2. The van der Waals surface area contributed by atoms with Gasteiger partial charge < -0.3 is 19.5 Å². The lowest BCUT2D eigenvalue weighted by molar-refractivity contribution is -0.117. The highest BCUT2D eigenvalue weighted by Gasteiger charge is 2.22. The van der Waals surface area contributed by atoms with Crippen molar-refractivity contribution in [2.75, 3.05) is 23.8 Å². The fourth-order valence-corrected chi connectivity index (χ4v) is 4.45. The summed E-state index contributed by atoms with van der Waals surface area (Å²) < 4.78 is 20.4. The summed E-state index contributed by atoms with van der Waals surface area (Å²) in [7, 11) is 1.85. The Morgan fingerprint density at radius 1 is 1.18 bits per heavy atom. The zero-order chi connectivity index (χ0) is 24.1. The fraction of sp³-hybridized carbons (Fsp3) is 0.333. The van der Waals surface area contributed by atoms with E-state index in [0.29, 0.717) is 47.6 Å². The van der Waals surface area contributed by atoms with Crippen LogP contribution in [0.4, 0.5) is 10.1 Å². The molecule has 2 heterocycles. The van der Waals surface area contributed by atoms with E-state index in [4.69, 9.17) is 4.74 Å². The molecule has 0 radical (unpaired) electrons. The normalized spacial score (nSPS) is 14.3. The van der Waals surface area contributed by atoms with Crippen molar-refractivity contribution in [3.8, 4) is 5.75 Å². The Labute approximate surface area is 201 Å². The van der Waals surface area contributed by atoms with Crippen molar-refractivity contribution in [1.82, 2.24) is 20.1 Å². The predicted molar refractivity (Wildman–Crippen MR) is 128 cm³/mol. The molecule has 8 nitrogen and oxygen atoms in total. The van der Waals surface area contributed by atoms with E-state index in [1.165, 1.54) is 23.9 Å². The topological polar surface area (TPSA) is 89.3 Å². The summed E-state index contributed by atoms with van der Waals surface area (Å²) in [6, 6.07) is 12.6. The van der Waals surface area contributed by atoms with Crippen LogP contribution >= 0.6 is 11.8 Å². The van der Waals surface area contributed by atoms with Crippen molar-refractivity contribution in [2.45, 2.75) is 31.0 Å². The van der Waals surface area contributed by atoms with Crippen molar-refractivity contribution in [2.24, 2.45) is 7.05 Å². The first kappa shape index (κ1) is 23.7. The van der Waals surface area contributed by atoms with Crippen LogP contribution in [0.15, 0.2) is 53.7 Å². The minimum absolute atomic E-state index is 0.115. The number of rotatable bonds is 9. The molecular weight excluding hydrogens is 457 g/mol. The zero-order valence-corrected chi connectivity index (χ0v) is 19.8. The average Bonchev–Trinajstić information content (AvgIpc) is 3.43. The number of halogens is 1. The average molecular weight is 484 g/mol. The molecule has 1 saturated heterocycles. The molecular formula is C24H26FN5O3S. The molecule has 2 aromatic carbocycles. The second-order valence-electron chi connectivity index (χ2n) is 7.94. The second-order valence-corrected chi connectivity index (χ2v) is 9.00. The van der Waals surface area contributed by atoms with E-state index in [-0.39, 0.29) is 23.7 Å². The zero-order valence-electron chi connectivity index (χ0n) is 19.0. The quantitative estimate of drug-likeness (QED) is 0.368. The highest BCUT2D eigenvalue weighted by Crippen LogP contribution is 2.23. The van der Waals surface area contributed by atoms with Gasteiger partial charge in [-0.15, -0.1) is 10.2 Å². The number of thioether (sulfide) groups is 1. The van der Waals surface area contributed by atoms with Gasteiger partial charge in [-0.2, -0.15) is 0 Å². The minimum atomic E-state index is -0.352. The van der Waals surface area contributed by atoms with Crippen molar-refractivity contribution in [1.29, 1.82) is 0 Å². The summed E-state index contributed by atoms with van der Waals surface area (Å²) in [4.78, 5) is 26.4. The first-order valence-electron chi connectivity index (χ1n) is 11.0. The van der Waals surface area contributed by atoms with Gasteiger partial charge in [0.05, 0.1) is 12.6 Å². The van der Waals surface area contributed by atoms with Crippen LogP contribution in [0.2, 0.25) is 0 Å². The van der Waals surface area contributed by atoms with Gasteiger partial charge in [0.15, 0.2) is 11.0 Å². The van der Waals surface area contributed by atoms with E-state index in [9.17, 15) is 14.0 Å². The highest BCUT2D eigenvalue weighted by molar-refractivity contribution is 7.99. The summed E-state index contributed by atoms with van der Waals surface area (Å²) in [6.07, 6.45) is 1.43. The second kappa shape index (κ2) is 10.7. The number of amides is 2. The molecule has 4 rings (SSSR count). The number of nitrogens with one attached hydrogen (secondary N) is 1. The first-order valence-corrected chi connectivity index (χ1v) is 12.0. The summed E-state index contributed by atoms with van der Waals surface area (Å²) in [5.74, 6) is 1.47. The van der Waals surface area contributed by atoms with Crippen molar-refractivity contribution in [3.05, 3.63) is 65.7 Å². The Bertz CT molecular complexity index is 1150. The standard InChI is InChI=1S/C24H26FN5O3S/c1-16(26-23(32)17-5-9-19(10-6-17)30-13-3-4-21(30)31)22-27-28-24(29(22)2)34-15-14-33-20-11-7-18(25)8-12-20/h5-12,16H,3-4,13-15H2,1-2H3,(H,26,32). The third-order valence-corrected chi connectivity index (χ3v) is 6.50. The fourth-order valence-electron chi connectivity index (χ4n) is 3.71. The van der Waals surface area contributed by atoms with E-state index < -0.39 is 0 Å². The van der Waals surface area contributed by atoms with Gasteiger partial charge in [-0.05, 0) is 61.9 Å². The lowest BCUT2D eigenvalue weighted by Gasteiger charge is -2.17. The maximum Gasteiger partial charge on any atom is 0.251 e. The summed E-state index contributed by atoms with van der Waals surface area (Å²) >= 11 is 1.48. The van der Waals surface area contributed by atoms with Gasteiger partial charge in [-0.1, -0.05) is 11.8 Å². The minimum Gasteiger partial charge on any atom is -0.493 e. The van der Waals surface area contributed by atoms with Crippen molar-refractivity contribution < 1.29 is 18.7 Å². The van der Waals surface area contributed by atoms with E-state index >= 15 is 0 Å². The van der Waals surface area contributed by atoms with Gasteiger partial charge in [0.1, 0.15) is 11.6 Å². The van der Waals surface area contributed by atoms with Gasteiger partial charge >= 0.3 is 0 Å². The van der Waals surface area contributed by atoms with E-state index in [0.717, 1.165) is 12.1 Å². The molecule has 1 aliphatic heterocycles. The SMILES string of the molecule is CC(NC(=O)c1ccc(N2CCCC2=O)cc1)c1nnc(SCCOc2ccc(F)cc2)n1C. The van der Waals surface area contributed by atoms with Crippen LogP contribution in [0.1, 0.15) is 42.0 Å². The molecule has 1 aromatic heterocycles. The number of carbonyl (C=O) groups is 2. The van der Waals surface area contributed by atoms with Crippen LogP contribution in [0.3, 0.4) is 0 Å². The number of ether oxygens (including phenoxy) is 1. The van der Waals surface area contributed by atoms with E-state index in [2.05, 4.69) is 15.5 Å². The molecule has 1 fully saturated rings.